The van der Waals surface area contributed by atoms with Crippen LogP contribution in [-0.4, -0.2) is 10.5 Å². The molecule has 1 aliphatic rings. The van der Waals surface area contributed by atoms with Gasteiger partial charge in [0.2, 0.25) is 0 Å². The molecule has 1 rings (SSSR count). The van der Waals surface area contributed by atoms with E-state index in [-0.39, 0.29) is 0 Å². The third-order valence-electron chi connectivity index (χ3n) is 0.908. The van der Waals surface area contributed by atoms with Crippen LogP contribution in [0.25, 0.3) is 0 Å². The van der Waals surface area contributed by atoms with Crippen LogP contribution in [0.15, 0.2) is 12.2 Å². The van der Waals surface area contributed by atoms with Gasteiger partial charge in [-0.2, -0.15) is 0 Å². The number of allylic oxidation sites excluding steroid dienone is 2. The summed E-state index contributed by atoms with van der Waals surface area (Å²) in [7, 11) is 0. The molecular weight excluding hydrogens is 92.1 g/mol. The van der Waals surface area contributed by atoms with Gasteiger partial charge in [0, 0.05) is 0 Å². The molecule has 0 aromatic heterocycles. The van der Waals surface area contributed by atoms with Crippen LogP contribution in [0.3, 0.4) is 0 Å². The molecule has 0 heterocycles. The van der Waals surface area contributed by atoms with E-state index in [1.54, 1.807) is 0 Å². The fourth-order valence-corrected chi connectivity index (χ4v) is 0.589. The summed E-state index contributed by atoms with van der Waals surface area (Å²) in [6.07, 6.45) is 8.50. The summed E-state index contributed by atoms with van der Waals surface area (Å²) in [5.74, 6) is 0. The average Bonchev–Trinajstić information content (AvgIpc) is 2.23. The van der Waals surface area contributed by atoms with Gasteiger partial charge in [-0.15, -0.1) is 0 Å². The van der Waals surface area contributed by atoms with Crippen molar-refractivity contribution in [3.63, 3.8) is 0 Å². The van der Waals surface area contributed by atoms with E-state index in [9.17, 15) is 0 Å². The molecule has 0 amide bonds. The van der Waals surface area contributed by atoms with Gasteiger partial charge in [-0.1, -0.05) is 12.2 Å². The Hall–Kier alpha value is -0.340. The molecular formula is C5H10O2. The normalized spacial score (nSPS) is 15.7. The smallest absolute Gasteiger partial charge is 0.0348 e. The molecule has 0 atom stereocenters. The van der Waals surface area contributed by atoms with E-state index in [1.807, 2.05) is 0 Å². The van der Waals surface area contributed by atoms with E-state index >= 15 is 0 Å². The molecule has 0 bridgehead atoms. The summed E-state index contributed by atoms with van der Waals surface area (Å²) < 4.78 is 0. The Kier molecular flexibility index (Phi) is 5.39. The van der Waals surface area contributed by atoms with Crippen molar-refractivity contribution in [3.8, 4) is 0 Å². The molecule has 42 valence electrons. The van der Waals surface area contributed by atoms with Crippen molar-refractivity contribution in [3.05, 3.63) is 12.2 Å². The SMILES string of the molecule is C1=CCCC1.OO. The van der Waals surface area contributed by atoms with Crippen molar-refractivity contribution in [1.82, 2.24) is 0 Å². The largest absolute Gasteiger partial charge is 0.255 e. The van der Waals surface area contributed by atoms with E-state index in [4.69, 9.17) is 10.5 Å². The molecule has 0 unspecified atom stereocenters. The zero-order valence-electron chi connectivity index (χ0n) is 4.17. The van der Waals surface area contributed by atoms with E-state index in [1.165, 1.54) is 19.3 Å². The Morgan fingerprint density at radius 3 is 1.57 bits per heavy atom. The van der Waals surface area contributed by atoms with Crippen molar-refractivity contribution in [2.45, 2.75) is 19.3 Å². The Bertz CT molecular complexity index is 44.0. The third kappa shape index (κ3) is 3.49. The van der Waals surface area contributed by atoms with Gasteiger partial charge < -0.3 is 0 Å². The predicted octanol–water partition coefficient (Wildman–Crippen LogP) is 1.74. The minimum atomic E-state index is 1.32. The molecule has 0 radical (unpaired) electrons. The quantitative estimate of drug-likeness (QED) is 0.278. The zero-order chi connectivity index (χ0) is 5.54. The molecule has 0 saturated heterocycles. The monoisotopic (exact) mass is 102 g/mol. The molecule has 0 fully saturated rings. The molecule has 2 nitrogen and oxygen atoms in total. The summed E-state index contributed by atoms with van der Waals surface area (Å²) in [4.78, 5) is 0. The first-order valence-corrected chi connectivity index (χ1v) is 2.35. The number of hydrogen-bond acceptors (Lipinski definition) is 2. The summed E-state index contributed by atoms with van der Waals surface area (Å²) in [5.41, 5.74) is 0. The minimum Gasteiger partial charge on any atom is -0.255 e. The van der Waals surface area contributed by atoms with Crippen molar-refractivity contribution in [2.24, 2.45) is 0 Å². The fourth-order valence-electron chi connectivity index (χ4n) is 0.589. The van der Waals surface area contributed by atoms with Gasteiger partial charge in [-0.3, -0.25) is 10.5 Å². The molecule has 0 aromatic rings. The van der Waals surface area contributed by atoms with Gasteiger partial charge in [0.25, 0.3) is 0 Å². The van der Waals surface area contributed by atoms with Crippen LogP contribution in [0.5, 0.6) is 0 Å². The first-order chi connectivity index (χ1) is 3.50. The molecule has 0 aliphatic heterocycles. The maximum absolute atomic E-state index is 6.00. The minimum absolute atomic E-state index is 1.32. The van der Waals surface area contributed by atoms with Gasteiger partial charge >= 0.3 is 0 Å². The summed E-state index contributed by atoms with van der Waals surface area (Å²) in [6, 6.07) is 0. The van der Waals surface area contributed by atoms with Crippen LogP contribution in [0.4, 0.5) is 0 Å². The molecule has 2 heteroatoms. The summed E-state index contributed by atoms with van der Waals surface area (Å²) in [5, 5.41) is 12.0. The van der Waals surface area contributed by atoms with Crippen LogP contribution >= 0.6 is 0 Å². The van der Waals surface area contributed by atoms with Gasteiger partial charge in [-0.05, 0) is 19.3 Å². The van der Waals surface area contributed by atoms with Crippen LogP contribution in [0.1, 0.15) is 19.3 Å². The highest BCUT2D eigenvalue weighted by atomic mass is 17.0. The lowest BCUT2D eigenvalue weighted by Crippen LogP contribution is -1.50. The van der Waals surface area contributed by atoms with E-state index in [0.29, 0.717) is 0 Å². The first-order valence-electron chi connectivity index (χ1n) is 2.35. The third-order valence-corrected chi connectivity index (χ3v) is 0.908. The maximum atomic E-state index is 6.00. The van der Waals surface area contributed by atoms with Gasteiger partial charge in [0.05, 0.1) is 0 Å². The Morgan fingerprint density at radius 1 is 1.00 bits per heavy atom. The van der Waals surface area contributed by atoms with Crippen LogP contribution in [0, 0.1) is 0 Å². The Morgan fingerprint density at radius 2 is 1.43 bits per heavy atom. The molecule has 2 N–H and O–H groups in total. The Balaban J connectivity index is 0.000000162. The second-order valence-corrected chi connectivity index (χ2v) is 1.40. The second kappa shape index (κ2) is 5.66. The van der Waals surface area contributed by atoms with Gasteiger partial charge in [-0.25, -0.2) is 0 Å². The average molecular weight is 102 g/mol. The standard InChI is InChI=1S/C5H8.H2O2/c1-2-4-5-3-1;1-2/h1-2H,3-5H2;1-2H. The lowest BCUT2D eigenvalue weighted by atomic mass is 10.4. The van der Waals surface area contributed by atoms with Gasteiger partial charge in [0.15, 0.2) is 0 Å². The van der Waals surface area contributed by atoms with Crippen LogP contribution in [-0.2, 0) is 0 Å². The number of hydrogen-bond donors (Lipinski definition) is 2. The van der Waals surface area contributed by atoms with Gasteiger partial charge in [0.1, 0.15) is 0 Å². The van der Waals surface area contributed by atoms with E-state index in [0.717, 1.165) is 0 Å². The highest BCUT2D eigenvalue weighted by Crippen LogP contribution is 2.05. The zero-order valence-corrected chi connectivity index (χ0v) is 4.17. The summed E-state index contributed by atoms with van der Waals surface area (Å²) in [6.45, 7) is 0. The fraction of sp³-hybridized carbons (Fsp3) is 0.600. The lowest BCUT2D eigenvalue weighted by Gasteiger charge is -1.69. The topological polar surface area (TPSA) is 40.5 Å². The predicted molar refractivity (Wildman–Crippen MR) is 28.2 cm³/mol. The molecule has 0 saturated carbocycles. The first kappa shape index (κ1) is 6.66. The summed E-state index contributed by atoms with van der Waals surface area (Å²) >= 11 is 0. The lowest BCUT2D eigenvalue weighted by molar-refractivity contribution is -0.176. The van der Waals surface area contributed by atoms with Crippen molar-refractivity contribution < 1.29 is 10.5 Å². The Labute approximate surface area is 43.0 Å². The van der Waals surface area contributed by atoms with E-state index < -0.39 is 0 Å². The van der Waals surface area contributed by atoms with Crippen LogP contribution in [0.2, 0.25) is 0 Å². The molecule has 0 spiro atoms. The van der Waals surface area contributed by atoms with Crippen molar-refractivity contribution in [1.29, 1.82) is 0 Å². The second-order valence-electron chi connectivity index (χ2n) is 1.40. The van der Waals surface area contributed by atoms with Crippen molar-refractivity contribution >= 4 is 0 Å². The molecule has 0 aromatic carbocycles. The maximum Gasteiger partial charge on any atom is -0.0348 e. The number of rotatable bonds is 0. The molecule has 1 aliphatic carbocycles. The van der Waals surface area contributed by atoms with E-state index in [2.05, 4.69) is 12.2 Å². The molecule has 7 heavy (non-hydrogen) atoms. The van der Waals surface area contributed by atoms with Crippen molar-refractivity contribution in [2.75, 3.05) is 0 Å². The highest BCUT2D eigenvalue weighted by Gasteiger charge is 1.84. The van der Waals surface area contributed by atoms with Crippen LogP contribution < -0.4 is 0 Å². The highest BCUT2D eigenvalue weighted by molar-refractivity contribution is 4.88.